The van der Waals surface area contributed by atoms with Crippen molar-refractivity contribution >= 4 is 5.91 Å². The fourth-order valence-electron chi connectivity index (χ4n) is 3.87. The first kappa shape index (κ1) is 24.6. The predicted molar refractivity (Wildman–Crippen MR) is 135 cm³/mol. The molecule has 5 nitrogen and oxygen atoms in total. The number of carbonyl (C=O) groups is 1. The SMILES string of the molecule is CCCCCCCCCCCCNC(=O)c1cc(-c2ccccn2)nc(-c2ccccn2)c1. The predicted octanol–water partition coefficient (Wildman–Crippen LogP) is 6.86. The van der Waals surface area contributed by atoms with Gasteiger partial charge in [-0.25, -0.2) is 4.98 Å². The van der Waals surface area contributed by atoms with Gasteiger partial charge in [0.2, 0.25) is 0 Å². The number of hydrogen-bond acceptors (Lipinski definition) is 4. The van der Waals surface area contributed by atoms with Gasteiger partial charge < -0.3 is 5.32 Å². The number of unbranched alkanes of at least 4 members (excludes halogenated alkanes) is 9. The van der Waals surface area contributed by atoms with Crippen LogP contribution in [-0.2, 0) is 0 Å². The summed E-state index contributed by atoms with van der Waals surface area (Å²) in [6.45, 7) is 2.95. The van der Waals surface area contributed by atoms with Crippen LogP contribution in [0.25, 0.3) is 22.8 Å². The number of rotatable bonds is 14. The van der Waals surface area contributed by atoms with Crippen LogP contribution in [-0.4, -0.2) is 27.4 Å². The van der Waals surface area contributed by atoms with E-state index < -0.39 is 0 Å². The summed E-state index contributed by atoms with van der Waals surface area (Å²) in [7, 11) is 0. The second-order valence-electron chi connectivity index (χ2n) is 8.49. The van der Waals surface area contributed by atoms with Gasteiger partial charge in [-0.15, -0.1) is 0 Å². The number of aromatic nitrogens is 3. The highest BCUT2D eigenvalue weighted by Crippen LogP contribution is 2.22. The molecule has 5 heteroatoms. The number of amides is 1. The van der Waals surface area contributed by atoms with Crippen molar-refractivity contribution in [3.8, 4) is 22.8 Å². The third kappa shape index (κ3) is 8.41. The zero-order valence-corrected chi connectivity index (χ0v) is 19.8. The molecule has 174 valence electrons. The molecule has 1 N–H and O–H groups in total. The molecule has 0 aliphatic rings. The van der Waals surface area contributed by atoms with Crippen molar-refractivity contribution < 1.29 is 4.79 Å². The lowest BCUT2D eigenvalue weighted by atomic mass is 10.1. The van der Waals surface area contributed by atoms with Crippen LogP contribution in [0, 0.1) is 0 Å². The van der Waals surface area contributed by atoms with Gasteiger partial charge in [-0.3, -0.25) is 14.8 Å². The fourth-order valence-corrected chi connectivity index (χ4v) is 3.87. The van der Waals surface area contributed by atoms with Crippen LogP contribution in [0.4, 0.5) is 0 Å². The molecule has 0 aromatic carbocycles. The average Bonchev–Trinajstić information content (AvgIpc) is 2.88. The maximum atomic E-state index is 12.9. The van der Waals surface area contributed by atoms with Crippen LogP contribution in [0.15, 0.2) is 60.9 Å². The molecule has 3 aromatic rings. The second kappa shape index (κ2) is 14.1. The molecule has 0 spiro atoms. The Morgan fingerprint density at radius 1 is 0.697 bits per heavy atom. The molecule has 3 rings (SSSR count). The van der Waals surface area contributed by atoms with E-state index in [0.29, 0.717) is 23.5 Å². The number of pyridine rings is 3. The molecule has 0 saturated heterocycles. The van der Waals surface area contributed by atoms with Crippen LogP contribution in [0.1, 0.15) is 81.5 Å². The lowest BCUT2D eigenvalue weighted by Crippen LogP contribution is -2.24. The molecule has 33 heavy (non-hydrogen) atoms. The van der Waals surface area contributed by atoms with E-state index in [1.165, 1.54) is 51.4 Å². The summed E-state index contributed by atoms with van der Waals surface area (Å²) >= 11 is 0. The van der Waals surface area contributed by atoms with Gasteiger partial charge in [-0.05, 0) is 42.8 Å². The van der Waals surface area contributed by atoms with Crippen molar-refractivity contribution in [3.05, 3.63) is 66.5 Å². The lowest BCUT2D eigenvalue weighted by Gasteiger charge is -2.10. The monoisotopic (exact) mass is 444 g/mol. The summed E-state index contributed by atoms with van der Waals surface area (Å²) in [5, 5.41) is 3.07. The van der Waals surface area contributed by atoms with Crippen molar-refractivity contribution in [1.82, 2.24) is 20.3 Å². The van der Waals surface area contributed by atoms with E-state index >= 15 is 0 Å². The lowest BCUT2D eigenvalue weighted by molar-refractivity contribution is 0.0953. The molecule has 1 amide bonds. The van der Waals surface area contributed by atoms with Crippen molar-refractivity contribution in [2.45, 2.75) is 71.1 Å². The van der Waals surface area contributed by atoms with Crippen LogP contribution in [0.5, 0.6) is 0 Å². The van der Waals surface area contributed by atoms with Gasteiger partial charge in [-0.1, -0.05) is 76.8 Å². The standard InChI is InChI=1S/C28H36N4O/c1-2-3-4-5-6-7-8-9-10-13-20-31-28(33)23-21-26(24-16-11-14-18-29-24)32-27(22-23)25-17-12-15-19-30-25/h11-12,14-19,21-22H,2-10,13,20H2,1H3,(H,31,33). The summed E-state index contributed by atoms with van der Waals surface area (Å²) in [6.07, 6.45) is 16.3. The zero-order valence-electron chi connectivity index (χ0n) is 19.8. The summed E-state index contributed by atoms with van der Waals surface area (Å²) < 4.78 is 0. The molecule has 0 aliphatic carbocycles. The molecule has 3 heterocycles. The van der Waals surface area contributed by atoms with Crippen molar-refractivity contribution in [1.29, 1.82) is 0 Å². The van der Waals surface area contributed by atoms with E-state index in [4.69, 9.17) is 4.98 Å². The topological polar surface area (TPSA) is 67.8 Å². The fraction of sp³-hybridized carbons (Fsp3) is 0.429. The Balaban J connectivity index is 1.52. The molecule has 0 saturated carbocycles. The van der Waals surface area contributed by atoms with Gasteiger partial charge in [0.25, 0.3) is 5.91 Å². The second-order valence-corrected chi connectivity index (χ2v) is 8.49. The Bertz CT molecular complexity index is 902. The molecule has 0 fully saturated rings. The average molecular weight is 445 g/mol. The highest BCUT2D eigenvalue weighted by molar-refractivity contribution is 5.96. The molecule has 3 aromatic heterocycles. The quantitative estimate of drug-likeness (QED) is 0.276. The zero-order chi connectivity index (χ0) is 23.1. The first-order valence-electron chi connectivity index (χ1n) is 12.4. The summed E-state index contributed by atoms with van der Waals surface area (Å²) in [5.74, 6) is -0.0808. The highest BCUT2D eigenvalue weighted by Gasteiger charge is 2.13. The van der Waals surface area contributed by atoms with E-state index in [9.17, 15) is 4.79 Å². The van der Waals surface area contributed by atoms with E-state index in [0.717, 1.165) is 24.2 Å². The van der Waals surface area contributed by atoms with Crippen molar-refractivity contribution in [2.75, 3.05) is 6.54 Å². The highest BCUT2D eigenvalue weighted by atomic mass is 16.1. The largest absolute Gasteiger partial charge is 0.352 e. The number of hydrogen-bond donors (Lipinski definition) is 1. The third-order valence-corrected chi connectivity index (χ3v) is 5.76. The smallest absolute Gasteiger partial charge is 0.251 e. The van der Waals surface area contributed by atoms with Gasteiger partial charge in [0.15, 0.2) is 0 Å². The maximum Gasteiger partial charge on any atom is 0.251 e. The summed E-state index contributed by atoms with van der Waals surface area (Å²) in [5.41, 5.74) is 3.39. The van der Waals surface area contributed by atoms with Crippen molar-refractivity contribution in [3.63, 3.8) is 0 Å². The van der Waals surface area contributed by atoms with Crippen LogP contribution >= 0.6 is 0 Å². The summed E-state index contributed by atoms with van der Waals surface area (Å²) in [6, 6.07) is 15.0. The van der Waals surface area contributed by atoms with Gasteiger partial charge in [-0.2, -0.15) is 0 Å². The molecular formula is C28H36N4O. The van der Waals surface area contributed by atoms with E-state index in [1.54, 1.807) is 12.4 Å². The number of nitrogens with one attached hydrogen (secondary N) is 1. The molecule has 0 unspecified atom stereocenters. The Morgan fingerprint density at radius 3 is 1.70 bits per heavy atom. The number of carbonyl (C=O) groups excluding carboxylic acids is 1. The van der Waals surface area contributed by atoms with E-state index in [-0.39, 0.29) is 5.91 Å². The Labute approximate surface area is 198 Å². The van der Waals surface area contributed by atoms with Crippen LogP contribution in [0.3, 0.4) is 0 Å². The molecular weight excluding hydrogens is 408 g/mol. The van der Waals surface area contributed by atoms with Gasteiger partial charge >= 0.3 is 0 Å². The summed E-state index contributed by atoms with van der Waals surface area (Å²) in [4.78, 5) is 26.4. The first-order chi connectivity index (χ1) is 16.3. The normalized spacial score (nSPS) is 10.8. The minimum absolute atomic E-state index is 0.0808. The minimum Gasteiger partial charge on any atom is -0.352 e. The van der Waals surface area contributed by atoms with E-state index in [1.807, 2.05) is 48.5 Å². The van der Waals surface area contributed by atoms with Crippen molar-refractivity contribution in [2.24, 2.45) is 0 Å². The van der Waals surface area contributed by atoms with Gasteiger partial charge in [0.05, 0.1) is 22.8 Å². The molecule has 0 bridgehead atoms. The van der Waals surface area contributed by atoms with Crippen LogP contribution < -0.4 is 5.32 Å². The molecule has 0 aliphatic heterocycles. The molecule has 0 radical (unpaired) electrons. The van der Waals surface area contributed by atoms with Crippen LogP contribution in [0.2, 0.25) is 0 Å². The van der Waals surface area contributed by atoms with Gasteiger partial charge in [0.1, 0.15) is 0 Å². The Morgan fingerprint density at radius 2 is 1.21 bits per heavy atom. The number of nitrogens with zero attached hydrogens (tertiary/aromatic N) is 3. The minimum atomic E-state index is -0.0808. The Kier molecular flexibility index (Phi) is 10.5. The maximum absolute atomic E-state index is 12.9. The first-order valence-corrected chi connectivity index (χ1v) is 12.4. The molecule has 0 atom stereocenters. The third-order valence-electron chi connectivity index (χ3n) is 5.76. The Hall–Kier alpha value is -3.08. The van der Waals surface area contributed by atoms with E-state index in [2.05, 4.69) is 22.2 Å². The van der Waals surface area contributed by atoms with Gasteiger partial charge in [0, 0.05) is 24.5 Å².